The highest BCUT2D eigenvalue weighted by atomic mass is 32.2. The SMILES string of the molecule is CN1CC2(CCN(Cc3ccccc3F)CC2)COc2ccccc2S1(=O)=O. The number of para-hydroxylation sites is 1. The van der Waals surface area contributed by atoms with Gasteiger partial charge in [0, 0.05) is 31.1 Å². The molecule has 0 radical (unpaired) electrons. The Balaban J connectivity index is 1.50. The van der Waals surface area contributed by atoms with Gasteiger partial charge in [-0.2, -0.15) is 0 Å². The first kappa shape index (κ1) is 19.4. The molecule has 2 aliphatic heterocycles. The monoisotopic (exact) mass is 404 g/mol. The molecule has 0 aliphatic carbocycles. The molecule has 28 heavy (non-hydrogen) atoms. The fourth-order valence-corrected chi connectivity index (χ4v) is 5.55. The van der Waals surface area contributed by atoms with Crippen LogP contribution in [0.3, 0.4) is 0 Å². The molecule has 1 spiro atoms. The molecule has 7 heteroatoms. The first-order chi connectivity index (χ1) is 13.4. The van der Waals surface area contributed by atoms with E-state index in [-0.39, 0.29) is 16.1 Å². The minimum Gasteiger partial charge on any atom is -0.492 e. The van der Waals surface area contributed by atoms with Crippen molar-refractivity contribution in [2.45, 2.75) is 24.3 Å². The van der Waals surface area contributed by atoms with Crippen LogP contribution in [0.4, 0.5) is 4.39 Å². The summed E-state index contributed by atoms with van der Waals surface area (Å²) in [7, 11) is -1.93. The maximum atomic E-state index is 13.9. The molecule has 0 aromatic heterocycles. The van der Waals surface area contributed by atoms with Crippen molar-refractivity contribution in [3.63, 3.8) is 0 Å². The largest absolute Gasteiger partial charge is 0.492 e. The van der Waals surface area contributed by atoms with Crippen LogP contribution in [0.15, 0.2) is 53.4 Å². The number of likely N-dealkylation sites (tertiary alicyclic amines) is 1. The van der Waals surface area contributed by atoms with Crippen molar-refractivity contribution in [3.8, 4) is 5.75 Å². The maximum absolute atomic E-state index is 13.9. The number of ether oxygens (including phenoxy) is 1. The van der Waals surface area contributed by atoms with Gasteiger partial charge in [-0.25, -0.2) is 17.1 Å². The summed E-state index contributed by atoms with van der Waals surface area (Å²) >= 11 is 0. The van der Waals surface area contributed by atoms with Gasteiger partial charge in [-0.3, -0.25) is 4.90 Å². The van der Waals surface area contributed by atoms with E-state index in [1.165, 1.54) is 10.4 Å². The minimum absolute atomic E-state index is 0.181. The van der Waals surface area contributed by atoms with Crippen molar-refractivity contribution < 1.29 is 17.5 Å². The zero-order valence-corrected chi connectivity index (χ0v) is 16.8. The van der Waals surface area contributed by atoms with E-state index < -0.39 is 10.0 Å². The van der Waals surface area contributed by atoms with Gasteiger partial charge in [0.15, 0.2) is 0 Å². The molecule has 5 nitrogen and oxygen atoms in total. The molecule has 2 aromatic rings. The summed E-state index contributed by atoms with van der Waals surface area (Å²) in [6.45, 7) is 3.05. The fraction of sp³-hybridized carbons (Fsp3) is 0.429. The Bertz CT molecular complexity index is 956. The van der Waals surface area contributed by atoms with Crippen LogP contribution in [0.1, 0.15) is 18.4 Å². The topological polar surface area (TPSA) is 49.9 Å². The third kappa shape index (κ3) is 3.66. The number of benzene rings is 2. The zero-order chi connectivity index (χ0) is 19.8. The molecule has 1 saturated heterocycles. The van der Waals surface area contributed by atoms with Gasteiger partial charge in [0.05, 0.1) is 6.61 Å². The van der Waals surface area contributed by atoms with E-state index in [4.69, 9.17) is 4.74 Å². The molecule has 2 aliphatic rings. The van der Waals surface area contributed by atoms with Crippen LogP contribution >= 0.6 is 0 Å². The van der Waals surface area contributed by atoms with Gasteiger partial charge >= 0.3 is 0 Å². The summed E-state index contributed by atoms with van der Waals surface area (Å²) < 4.78 is 47.3. The predicted octanol–water partition coefficient (Wildman–Crippen LogP) is 3.12. The number of fused-ring (bicyclic) bond motifs is 1. The van der Waals surface area contributed by atoms with E-state index in [1.54, 1.807) is 37.4 Å². The first-order valence-corrected chi connectivity index (χ1v) is 11.0. The quantitative estimate of drug-likeness (QED) is 0.772. The van der Waals surface area contributed by atoms with Crippen LogP contribution in [0, 0.1) is 11.2 Å². The third-order valence-corrected chi connectivity index (χ3v) is 7.74. The van der Waals surface area contributed by atoms with Gasteiger partial charge in [0.25, 0.3) is 0 Å². The smallest absolute Gasteiger partial charge is 0.246 e. The number of nitrogens with zero attached hydrogens (tertiary/aromatic N) is 2. The van der Waals surface area contributed by atoms with Gasteiger partial charge in [0.2, 0.25) is 10.0 Å². The number of sulfonamides is 1. The van der Waals surface area contributed by atoms with Gasteiger partial charge < -0.3 is 4.74 Å². The zero-order valence-electron chi connectivity index (χ0n) is 16.0. The Morgan fingerprint density at radius 2 is 1.75 bits per heavy atom. The summed E-state index contributed by atoms with van der Waals surface area (Å²) in [4.78, 5) is 2.45. The second-order valence-electron chi connectivity index (χ2n) is 7.86. The number of rotatable bonds is 2. The molecular formula is C21H25FN2O3S. The molecule has 2 aromatic carbocycles. The van der Waals surface area contributed by atoms with Crippen LogP contribution in [0.25, 0.3) is 0 Å². The van der Waals surface area contributed by atoms with Crippen molar-refractivity contribution in [2.24, 2.45) is 5.41 Å². The van der Waals surface area contributed by atoms with E-state index in [1.807, 2.05) is 12.1 Å². The lowest BCUT2D eigenvalue weighted by atomic mass is 9.78. The Morgan fingerprint density at radius 1 is 1.07 bits per heavy atom. The average Bonchev–Trinajstić information content (AvgIpc) is 2.69. The number of piperidine rings is 1. The molecule has 0 bridgehead atoms. The Hall–Kier alpha value is -1.96. The van der Waals surface area contributed by atoms with Crippen LogP contribution in [-0.2, 0) is 16.6 Å². The minimum atomic E-state index is -3.58. The molecule has 1 fully saturated rings. The van der Waals surface area contributed by atoms with Gasteiger partial charge in [-0.1, -0.05) is 30.3 Å². The second kappa shape index (κ2) is 7.46. The summed E-state index contributed by atoms with van der Waals surface area (Å²) in [5, 5.41) is 0. The van der Waals surface area contributed by atoms with Crippen LogP contribution in [0.2, 0.25) is 0 Å². The lowest BCUT2D eigenvalue weighted by Gasteiger charge is -2.44. The highest BCUT2D eigenvalue weighted by molar-refractivity contribution is 7.89. The van der Waals surface area contributed by atoms with Crippen molar-refractivity contribution >= 4 is 10.0 Å². The number of hydrogen-bond donors (Lipinski definition) is 0. The molecule has 0 saturated carbocycles. The molecule has 0 N–H and O–H groups in total. The summed E-state index contributed by atoms with van der Waals surface area (Å²) in [5.74, 6) is 0.238. The second-order valence-corrected chi connectivity index (χ2v) is 9.88. The third-order valence-electron chi connectivity index (χ3n) is 5.90. The predicted molar refractivity (Wildman–Crippen MR) is 105 cm³/mol. The molecule has 0 amide bonds. The van der Waals surface area contributed by atoms with Crippen molar-refractivity contribution in [3.05, 3.63) is 59.9 Å². The van der Waals surface area contributed by atoms with E-state index in [0.717, 1.165) is 25.9 Å². The van der Waals surface area contributed by atoms with Gasteiger partial charge in [-0.15, -0.1) is 0 Å². The highest BCUT2D eigenvalue weighted by Crippen LogP contribution is 2.38. The Morgan fingerprint density at radius 3 is 2.50 bits per heavy atom. The molecule has 0 atom stereocenters. The molecule has 2 heterocycles. The lowest BCUT2D eigenvalue weighted by Crippen LogP contribution is -2.50. The molecule has 4 rings (SSSR count). The standard InChI is InChI=1S/C21H25FN2O3S/c1-23-15-21(16-27-19-8-4-5-9-20(19)28(23,25)26)10-12-24(13-11-21)14-17-6-2-3-7-18(17)22/h2-9H,10-16H2,1H3. The van der Waals surface area contributed by atoms with E-state index >= 15 is 0 Å². The Kier molecular flexibility index (Phi) is 5.16. The molecule has 150 valence electrons. The highest BCUT2D eigenvalue weighted by Gasteiger charge is 2.41. The first-order valence-electron chi connectivity index (χ1n) is 9.54. The van der Waals surface area contributed by atoms with E-state index in [2.05, 4.69) is 4.90 Å². The van der Waals surface area contributed by atoms with E-state index in [9.17, 15) is 12.8 Å². The van der Waals surface area contributed by atoms with E-state index in [0.29, 0.717) is 31.0 Å². The summed E-state index contributed by atoms with van der Waals surface area (Å²) in [6, 6.07) is 13.7. The molecule has 0 unspecified atom stereocenters. The maximum Gasteiger partial charge on any atom is 0.246 e. The lowest BCUT2D eigenvalue weighted by molar-refractivity contribution is 0.0357. The van der Waals surface area contributed by atoms with Crippen LogP contribution < -0.4 is 4.74 Å². The van der Waals surface area contributed by atoms with Crippen molar-refractivity contribution in [1.29, 1.82) is 0 Å². The fourth-order valence-electron chi connectivity index (χ4n) is 4.14. The molecular weight excluding hydrogens is 379 g/mol. The van der Waals surface area contributed by atoms with Crippen LogP contribution in [-0.4, -0.2) is 50.9 Å². The number of halogens is 1. The van der Waals surface area contributed by atoms with Gasteiger partial charge in [-0.05, 0) is 44.1 Å². The van der Waals surface area contributed by atoms with Gasteiger partial charge in [0.1, 0.15) is 16.5 Å². The normalized spacial score (nSPS) is 22.1. The number of hydrogen-bond acceptors (Lipinski definition) is 4. The van der Waals surface area contributed by atoms with Crippen molar-refractivity contribution in [1.82, 2.24) is 9.21 Å². The van der Waals surface area contributed by atoms with Crippen LogP contribution in [0.5, 0.6) is 5.75 Å². The Labute approximate surface area is 165 Å². The summed E-state index contributed by atoms with van der Waals surface area (Å²) in [5.41, 5.74) is 0.460. The average molecular weight is 405 g/mol. The summed E-state index contributed by atoms with van der Waals surface area (Å²) in [6.07, 6.45) is 1.62. The van der Waals surface area contributed by atoms with Crippen molar-refractivity contribution in [2.75, 3.05) is 33.3 Å².